The fourth-order valence-corrected chi connectivity index (χ4v) is 3.19. The number of amides is 2. The minimum absolute atomic E-state index is 0.0779. The number of para-hydroxylation sites is 1. The van der Waals surface area contributed by atoms with Gasteiger partial charge in [-0.2, -0.15) is 0 Å². The zero-order chi connectivity index (χ0) is 18.3. The maximum absolute atomic E-state index is 12.9. The smallest absolute Gasteiger partial charge is 0.281 e. The van der Waals surface area contributed by atoms with E-state index < -0.39 is 16.4 Å². The Bertz CT molecular complexity index is 956. The Morgan fingerprint density at radius 3 is 2.58 bits per heavy atom. The first-order valence-electron chi connectivity index (χ1n) is 7.92. The van der Waals surface area contributed by atoms with E-state index >= 15 is 0 Å². The maximum Gasteiger partial charge on any atom is 0.281 e. The number of hydrogen-bond acceptors (Lipinski definition) is 6. The average molecular weight is 351 g/mol. The Morgan fingerprint density at radius 2 is 1.85 bits per heavy atom. The third-order valence-corrected chi connectivity index (χ3v) is 4.47. The third-order valence-electron chi connectivity index (χ3n) is 4.47. The largest absolute Gasteiger partial charge is 0.378 e. The Kier molecular flexibility index (Phi) is 3.54. The Balaban J connectivity index is 1.61. The maximum atomic E-state index is 12.9. The molecule has 0 aliphatic carbocycles. The van der Waals surface area contributed by atoms with Gasteiger partial charge in [-0.25, -0.2) is 4.90 Å². The molecule has 8 heteroatoms. The molecular weight excluding hydrogens is 338 g/mol. The molecular formula is C18H13N3O5. The number of nitro groups is 1. The molecule has 2 aromatic carbocycles. The summed E-state index contributed by atoms with van der Waals surface area (Å²) in [7, 11) is 0. The van der Waals surface area contributed by atoms with Crippen LogP contribution in [0, 0.1) is 10.1 Å². The molecule has 0 unspecified atom stereocenters. The van der Waals surface area contributed by atoms with E-state index in [9.17, 15) is 19.7 Å². The van der Waals surface area contributed by atoms with E-state index in [0.717, 1.165) is 4.90 Å². The summed E-state index contributed by atoms with van der Waals surface area (Å²) < 4.78 is 0. The van der Waals surface area contributed by atoms with Crippen LogP contribution >= 0.6 is 0 Å². The highest BCUT2D eigenvalue weighted by molar-refractivity contribution is 6.25. The van der Waals surface area contributed by atoms with E-state index in [2.05, 4.69) is 5.16 Å². The molecule has 0 radical (unpaired) electrons. The van der Waals surface area contributed by atoms with Crippen molar-refractivity contribution in [2.75, 3.05) is 4.90 Å². The van der Waals surface area contributed by atoms with Crippen molar-refractivity contribution >= 4 is 28.9 Å². The van der Waals surface area contributed by atoms with Gasteiger partial charge >= 0.3 is 0 Å². The molecule has 1 atom stereocenters. The predicted octanol–water partition coefficient (Wildman–Crippen LogP) is 2.42. The number of carbonyl (C=O) groups excluding carboxylic acids is 2. The first-order valence-corrected chi connectivity index (χ1v) is 7.92. The van der Waals surface area contributed by atoms with E-state index in [1.54, 1.807) is 42.5 Å². The Hall–Kier alpha value is -3.55. The molecule has 2 aliphatic heterocycles. The predicted molar refractivity (Wildman–Crippen MR) is 91.6 cm³/mol. The molecule has 1 saturated heterocycles. The molecule has 8 nitrogen and oxygen atoms in total. The van der Waals surface area contributed by atoms with Crippen LogP contribution in [0.25, 0.3) is 0 Å². The van der Waals surface area contributed by atoms with Gasteiger partial charge in [0.15, 0.2) is 0 Å². The van der Waals surface area contributed by atoms with Gasteiger partial charge in [0, 0.05) is 24.1 Å². The van der Waals surface area contributed by atoms with E-state index in [4.69, 9.17) is 4.84 Å². The van der Waals surface area contributed by atoms with Gasteiger partial charge in [-0.3, -0.25) is 19.7 Å². The fourth-order valence-electron chi connectivity index (χ4n) is 3.19. The Labute approximate surface area is 147 Å². The number of hydrogen-bond donors (Lipinski definition) is 0. The summed E-state index contributed by atoms with van der Waals surface area (Å²) in [5.74, 6) is -0.838. The van der Waals surface area contributed by atoms with Gasteiger partial charge in [-0.05, 0) is 12.1 Å². The van der Waals surface area contributed by atoms with Crippen molar-refractivity contribution in [3.05, 3.63) is 70.3 Å². The van der Waals surface area contributed by atoms with Gasteiger partial charge in [-0.15, -0.1) is 0 Å². The topological polar surface area (TPSA) is 102 Å². The summed E-state index contributed by atoms with van der Waals surface area (Å²) in [5, 5.41) is 14.9. The molecule has 0 bridgehead atoms. The summed E-state index contributed by atoms with van der Waals surface area (Å²) in [6.07, 6.45) is -0.0370. The van der Waals surface area contributed by atoms with Gasteiger partial charge in [0.25, 0.3) is 11.6 Å². The highest BCUT2D eigenvalue weighted by Gasteiger charge is 2.58. The van der Waals surface area contributed by atoms with Crippen molar-refractivity contribution in [3.63, 3.8) is 0 Å². The van der Waals surface area contributed by atoms with Gasteiger partial charge < -0.3 is 4.84 Å². The van der Waals surface area contributed by atoms with Crippen LogP contribution < -0.4 is 4.90 Å². The van der Waals surface area contributed by atoms with Crippen LogP contribution in [-0.2, 0) is 14.4 Å². The first-order chi connectivity index (χ1) is 12.5. The fraction of sp³-hybridized carbons (Fsp3) is 0.167. The van der Waals surface area contributed by atoms with E-state index in [0.29, 0.717) is 17.0 Å². The molecule has 2 aliphatic rings. The normalized spacial score (nSPS) is 21.8. The minimum atomic E-state index is -1.38. The second kappa shape index (κ2) is 5.76. The van der Waals surface area contributed by atoms with Crippen LogP contribution in [0.4, 0.5) is 11.4 Å². The number of oxime groups is 1. The summed E-state index contributed by atoms with van der Waals surface area (Å²) in [6, 6.07) is 14.6. The molecule has 0 aromatic heterocycles. The summed E-state index contributed by atoms with van der Waals surface area (Å²) in [6.45, 7) is 0. The van der Waals surface area contributed by atoms with Crippen molar-refractivity contribution < 1.29 is 19.3 Å². The molecule has 26 heavy (non-hydrogen) atoms. The summed E-state index contributed by atoms with van der Waals surface area (Å²) >= 11 is 0. The number of non-ortho nitro benzene ring substituents is 1. The molecule has 0 N–H and O–H groups in total. The van der Waals surface area contributed by atoms with Crippen LogP contribution in [0.1, 0.15) is 18.4 Å². The molecule has 2 heterocycles. The number of rotatable bonds is 3. The molecule has 1 spiro atoms. The number of imide groups is 1. The van der Waals surface area contributed by atoms with E-state index in [-0.39, 0.29) is 24.4 Å². The van der Waals surface area contributed by atoms with E-state index in [1.165, 1.54) is 12.1 Å². The number of benzene rings is 2. The second-order valence-corrected chi connectivity index (χ2v) is 6.15. The van der Waals surface area contributed by atoms with Gasteiger partial charge in [-0.1, -0.05) is 35.5 Å². The van der Waals surface area contributed by atoms with Gasteiger partial charge in [0.2, 0.25) is 11.5 Å². The molecule has 2 amide bonds. The number of anilines is 1. The van der Waals surface area contributed by atoms with Crippen LogP contribution in [0.2, 0.25) is 0 Å². The lowest BCUT2D eigenvalue weighted by Gasteiger charge is -2.19. The average Bonchev–Trinajstić information content (AvgIpc) is 3.18. The lowest BCUT2D eigenvalue weighted by atomic mass is 9.92. The molecule has 2 aromatic rings. The lowest BCUT2D eigenvalue weighted by molar-refractivity contribution is -0.384. The van der Waals surface area contributed by atoms with Crippen molar-refractivity contribution in [2.45, 2.75) is 18.4 Å². The second-order valence-electron chi connectivity index (χ2n) is 6.15. The van der Waals surface area contributed by atoms with Crippen molar-refractivity contribution in [3.8, 4) is 0 Å². The SMILES string of the molecule is O=C1C[C@@]2(CC(c3cccc([N+](=O)[O-])c3)=NO2)C(=O)N1c1ccccc1. The highest BCUT2D eigenvalue weighted by Crippen LogP contribution is 2.39. The number of nitro benzene ring substituents is 1. The Morgan fingerprint density at radius 1 is 1.08 bits per heavy atom. The zero-order valence-electron chi connectivity index (χ0n) is 13.5. The monoisotopic (exact) mass is 351 g/mol. The summed E-state index contributed by atoms with van der Waals surface area (Å²) in [5.41, 5.74) is -0.0794. The van der Waals surface area contributed by atoms with Crippen molar-refractivity contribution in [1.29, 1.82) is 0 Å². The molecule has 1 fully saturated rings. The van der Waals surface area contributed by atoms with Crippen LogP contribution in [-0.4, -0.2) is 28.1 Å². The van der Waals surface area contributed by atoms with Crippen LogP contribution in [0.5, 0.6) is 0 Å². The lowest BCUT2D eigenvalue weighted by Crippen LogP contribution is -2.40. The minimum Gasteiger partial charge on any atom is -0.378 e. The first kappa shape index (κ1) is 15.9. The third kappa shape index (κ3) is 2.43. The van der Waals surface area contributed by atoms with Crippen molar-refractivity contribution in [1.82, 2.24) is 0 Å². The van der Waals surface area contributed by atoms with E-state index in [1.807, 2.05) is 0 Å². The quantitative estimate of drug-likeness (QED) is 0.480. The summed E-state index contributed by atoms with van der Waals surface area (Å²) in [4.78, 5) is 42.3. The number of carbonyl (C=O) groups is 2. The molecule has 130 valence electrons. The highest BCUT2D eigenvalue weighted by atomic mass is 16.7. The molecule has 4 rings (SSSR count). The van der Waals surface area contributed by atoms with Crippen LogP contribution in [0.15, 0.2) is 59.8 Å². The van der Waals surface area contributed by atoms with Gasteiger partial charge in [0.1, 0.15) is 0 Å². The molecule has 0 saturated carbocycles. The van der Waals surface area contributed by atoms with Gasteiger partial charge in [0.05, 0.1) is 22.7 Å². The van der Waals surface area contributed by atoms with Crippen LogP contribution in [0.3, 0.4) is 0 Å². The number of nitrogens with zero attached hydrogens (tertiary/aromatic N) is 3. The zero-order valence-corrected chi connectivity index (χ0v) is 13.5. The standard InChI is InChI=1S/C18H13N3O5/c22-16-11-18(17(23)20(16)13-6-2-1-3-7-13)10-15(19-26-18)12-5-4-8-14(9-12)21(24)25/h1-9H,10-11H2/t18-/m0/s1. The van der Waals surface area contributed by atoms with Crippen molar-refractivity contribution in [2.24, 2.45) is 5.16 Å².